The lowest BCUT2D eigenvalue weighted by atomic mass is 9.89. The zero-order valence-electron chi connectivity index (χ0n) is 18.8. The van der Waals surface area contributed by atoms with Crippen molar-refractivity contribution in [2.45, 2.75) is 57.4 Å². The zero-order chi connectivity index (χ0) is 22.3. The molecule has 2 N–H and O–H groups in total. The molecule has 32 heavy (non-hydrogen) atoms. The fraction of sp³-hybridized carbons (Fsp3) is 0.462. The summed E-state index contributed by atoms with van der Waals surface area (Å²) in [5.74, 6) is 1.04. The summed E-state index contributed by atoms with van der Waals surface area (Å²) in [5, 5.41) is 6.16. The average molecular weight is 436 g/mol. The lowest BCUT2D eigenvalue weighted by Crippen LogP contribution is -2.41. The average Bonchev–Trinajstić information content (AvgIpc) is 3.34. The van der Waals surface area contributed by atoms with Crippen LogP contribution in [0, 0.1) is 0 Å². The maximum atomic E-state index is 12.8. The normalized spacial score (nSPS) is 18.9. The molecule has 170 valence electrons. The lowest BCUT2D eigenvalue weighted by Gasteiger charge is -2.33. The monoisotopic (exact) mass is 435 g/mol. The van der Waals surface area contributed by atoms with E-state index in [2.05, 4.69) is 16.7 Å². The van der Waals surface area contributed by atoms with Gasteiger partial charge in [0.25, 0.3) is 5.91 Å². The van der Waals surface area contributed by atoms with Gasteiger partial charge in [-0.2, -0.15) is 0 Å². The number of nitrogens with one attached hydrogen (secondary N) is 2. The molecule has 2 aromatic carbocycles. The number of rotatable bonds is 6. The first-order valence-electron chi connectivity index (χ1n) is 11.8. The molecule has 6 heteroatoms. The van der Waals surface area contributed by atoms with E-state index in [1.165, 1.54) is 12.8 Å². The third-order valence-corrected chi connectivity index (χ3v) is 6.44. The second-order valence-corrected chi connectivity index (χ2v) is 8.75. The predicted octanol–water partition coefficient (Wildman–Crippen LogP) is 5.17. The van der Waals surface area contributed by atoms with E-state index >= 15 is 0 Å². The first kappa shape index (κ1) is 22.2. The van der Waals surface area contributed by atoms with Crippen molar-refractivity contribution in [3.05, 3.63) is 59.7 Å². The van der Waals surface area contributed by atoms with Crippen LogP contribution in [0.1, 0.15) is 67.3 Å². The summed E-state index contributed by atoms with van der Waals surface area (Å²) in [6, 6.07) is 15.6. The fourth-order valence-corrected chi connectivity index (χ4v) is 4.71. The summed E-state index contributed by atoms with van der Waals surface area (Å²) < 4.78 is 5.46. The Morgan fingerprint density at radius 2 is 1.81 bits per heavy atom. The number of benzene rings is 2. The molecular weight excluding hydrogens is 402 g/mol. The third kappa shape index (κ3) is 5.61. The van der Waals surface area contributed by atoms with Gasteiger partial charge in [0.15, 0.2) is 0 Å². The van der Waals surface area contributed by atoms with Crippen LogP contribution in [0.3, 0.4) is 0 Å². The highest BCUT2D eigenvalue weighted by molar-refractivity contribution is 5.94. The minimum atomic E-state index is -0.0889. The van der Waals surface area contributed by atoms with Crippen molar-refractivity contribution in [1.82, 2.24) is 10.2 Å². The number of likely N-dealkylation sites (tertiary alicyclic amines) is 1. The minimum Gasteiger partial charge on any atom is -0.494 e. The quantitative estimate of drug-likeness (QED) is 0.658. The minimum absolute atomic E-state index is 0.0136. The first-order valence-corrected chi connectivity index (χ1v) is 11.8. The van der Waals surface area contributed by atoms with Crippen LogP contribution in [-0.4, -0.2) is 42.6 Å². The van der Waals surface area contributed by atoms with E-state index in [0.29, 0.717) is 24.8 Å². The van der Waals surface area contributed by atoms with Crippen molar-refractivity contribution in [2.24, 2.45) is 0 Å². The Balaban J connectivity index is 1.36. The van der Waals surface area contributed by atoms with Crippen molar-refractivity contribution in [2.75, 3.05) is 25.0 Å². The maximum absolute atomic E-state index is 12.8. The van der Waals surface area contributed by atoms with Gasteiger partial charge in [-0.15, -0.1) is 0 Å². The van der Waals surface area contributed by atoms with Crippen molar-refractivity contribution in [3.63, 3.8) is 0 Å². The number of piperidine rings is 1. The van der Waals surface area contributed by atoms with Crippen molar-refractivity contribution in [1.29, 1.82) is 0 Å². The number of anilines is 1. The van der Waals surface area contributed by atoms with Gasteiger partial charge in [0.2, 0.25) is 0 Å². The Labute approximate surface area is 190 Å². The Morgan fingerprint density at radius 3 is 2.56 bits per heavy atom. The summed E-state index contributed by atoms with van der Waals surface area (Å²) in [5.41, 5.74) is 2.60. The van der Waals surface area contributed by atoms with Crippen LogP contribution >= 0.6 is 0 Å². The predicted molar refractivity (Wildman–Crippen MR) is 126 cm³/mol. The van der Waals surface area contributed by atoms with Crippen LogP contribution in [-0.2, 0) is 0 Å². The van der Waals surface area contributed by atoms with E-state index in [-0.39, 0.29) is 17.9 Å². The molecular formula is C26H33N3O3. The number of hydrogen-bond donors (Lipinski definition) is 2. The number of amides is 3. The Bertz CT molecular complexity index is 922. The number of carbonyl (C=O) groups excluding carboxylic acids is 2. The molecule has 1 saturated carbocycles. The van der Waals surface area contributed by atoms with E-state index < -0.39 is 0 Å². The van der Waals surface area contributed by atoms with Crippen LogP contribution in [0.4, 0.5) is 10.5 Å². The van der Waals surface area contributed by atoms with Gasteiger partial charge in [0.1, 0.15) is 5.75 Å². The molecule has 0 bridgehead atoms. The molecule has 2 fully saturated rings. The molecule has 1 aliphatic heterocycles. The molecule has 0 unspecified atom stereocenters. The number of urea groups is 1. The topological polar surface area (TPSA) is 70.7 Å². The molecule has 1 atom stereocenters. The molecule has 2 aliphatic rings. The van der Waals surface area contributed by atoms with Gasteiger partial charge in [-0.3, -0.25) is 4.79 Å². The first-order chi connectivity index (χ1) is 15.6. The molecule has 4 rings (SSSR count). The second-order valence-electron chi connectivity index (χ2n) is 8.75. The summed E-state index contributed by atoms with van der Waals surface area (Å²) in [4.78, 5) is 27.4. The van der Waals surface area contributed by atoms with Gasteiger partial charge in [-0.1, -0.05) is 25.0 Å². The molecule has 1 heterocycles. The number of nitrogens with zero attached hydrogens (tertiary/aromatic N) is 1. The van der Waals surface area contributed by atoms with Gasteiger partial charge in [0.05, 0.1) is 6.61 Å². The zero-order valence-corrected chi connectivity index (χ0v) is 18.8. The molecule has 2 aromatic rings. The van der Waals surface area contributed by atoms with Crippen molar-refractivity contribution < 1.29 is 14.3 Å². The summed E-state index contributed by atoms with van der Waals surface area (Å²) in [6.07, 6.45) is 6.50. The highest BCUT2D eigenvalue weighted by Gasteiger charge is 2.26. The molecule has 0 radical (unpaired) electrons. The van der Waals surface area contributed by atoms with E-state index in [1.807, 2.05) is 54.3 Å². The van der Waals surface area contributed by atoms with Gasteiger partial charge in [0, 0.05) is 36.3 Å². The van der Waals surface area contributed by atoms with E-state index in [0.717, 1.165) is 49.2 Å². The molecule has 1 saturated heterocycles. The summed E-state index contributed by atoms with van der Waals surface area (Å²) in [6.45, 7) is 3.95. The van der Waals surface area contributed by atoms with E-state index in [9.17, 15) is 9.59 Å². The van der Waals surface area contributed by atoms with Gasteiger partial charge < -0.3 is 20.3 Å². The Morgan fingerprint density at radius 1 is 1.03 bits per heavy atom. The SMILES string of the molecule is CCOc1ccc(NC(=O)N2CCC[C@@H](c3cccc(C(=O)NC4CCCC4)c3)C2)cc1. The highest BCUT2D eigenvalue weighted by atomic mass is 16.5. The van der Waals surface area contributed by atoms with Crippen LogP contribution in [0.15, 0.2) is 48.5 Å². The summed E-state index contributed by atoms with van der Waals surface area (Å²) in [7, 11) is 0. The smallest absolute Gasteiger partial charge is 0.321 e. The molecule has 6 nitrogen and oxygen atoms in total. The largest absolute Gasteiger partial charge is 0.494 e. The second kappa shape index (κ2) is 10.5. The fourth-order valence-electron chi connectivity index (χ4n) is 4.71. The van der Waals surface area contributed by atoms with Crippen molar-refractivity contribution in [3.8, 4) is 5.75 Å². The molecule has 3 amide bonds. The van der Waals surface area contributed by atoms with Gasteiger partial charge >= 0.3 is 6.03 Å². The molecule has 1 aliphatic carbocycles. The van der Waals surface area contributed by atoms with Crippen LogP contribution in [0.2, 0.25) is 0 Å². The van der Waals surface area contributed by atoms with E-state index in [1.54, 1.807) is 0 Å². The van der Waals surface area contributed by atoms with E-state index in [4.69, 9.17) is 4.74 Å². The van der Waals surface area contributed by atoms with Crippen LogP contribution < -0.4 is 15.4 Å². The standard InChI is InChI=1S/C26H33N3O3/c1-2-32-24-14-12-23(13-15-24)28-26(31)29-16-6-9-21(18-29)19-7-5-8-20(17-19)25(30)27-22-10-3-4-11-22/h5,7-8,12-15,17,21-22H,2-4,6,9-11,16,18H2,1H3,(H,27,30)(H,28,31)/t21-/m1/s1. The highest BCUT2D eigenvalue weighted by Crippen LogP contribution is 2.28. The Kier molecular flexibility index (Phi) is 7.30. The molecule has 0 spiro atoms. The maximum Gasteiger partial charge on any atom is 0.321 e. The lowest BCUT2D eigenvalue weighted by molar-refractivity contribution is 0.0937. The molecule has 0 aromatic heterocycles. The van der Waals surface area contributed by atoms with Crippen LogP contribution in [0.5, 0.6) is 5.75 Å². The van der Waals surface area contributed by atoms with Gasteiger partial charge in [-0.25, -0.2) is 4.79 Å². The Hall–Kier alpha value is -3.02. The number of hydrogen-bond acceptors (Lipinski definition) is 3. The summed E-state index contributed by atoms with van der Waals surface area (Å²) >= 11 is 0. The van der Waals surface area contributed by atoms with Crippen molar-refractivity contribution >= 4 is 17.6 Å². The third-order valence-electron chi connectivity index (χ3n) is 6.44. The number of carbonyl (C=O) groups is 2. The number of ether oxygens (including phenoxy) is 1. The van der Waals surface area contributed by atoms with Gasteiger partial charge in [-0.05, 0) is 74.6 Å². The van der Waals surface area contributed by atoms with Crippen LogP contribution in [0.25, 0.3) is 0 Å².